The minimum atomic E-state index is -1.23. The van der Waals surface area contributed by atoms with Crippen molar-refractivity contribution in [3.05, 3.63) is 59.9 Å². The number of nitrogens with two attached hydrogens (primary N) is 1. The molecule has 0 amide bonds. The minimum absolute atomic E-state index is 0.163. The van der Waals surface area contributed by atoms with E-state index in [0.29, 0.717) is 16.1 Å². The summed E-state index contributed by atoms with van der Waals surface area (Å²) in [6.07, 6.45) is 0. The summed E-state index contributed by atoms with van der Waals surface area (Å²) >= 11 is 0. The van der Waals surface area contributed by atoms with Crippen LogP contribution in [0.5, 0.6) is 0 Å². The van der Waals surface area contributed by atoms with Crippen molar-refractivity contribution >= 4 is 16.5 Å². The molecular formula is C13H12FNOS. The molecule has 2 aromatic carbocycles. The lowest BCUT2D eigenvalue weighted by Crippen LogP contribution is -1.99. The average molecular weight is 249 g/mol. The highest BCUT2D eigenvalue weighted by Gasteiger charge is 2.08. The molecule has 0 aliphatic carbocycles. The van der Waals surface area contributed by atoms with Crippen molar-refractivity contribution in [3.63, 3.8) is 0 Å². The van der Waals surface area contributed by atoms with Gasteiger partial charge in [-0.3, -0.25) is 4.21 Å². The summed E-state index contributed by atoms with van der Waals surface area (Å²) < 4.78 is 25.5. The molecule has 0 radical (unpaired) electrons. The first-order valence-electron chi connectivity index (χ1n) is 5.14. The monoisotopic (exact) mass is 249 g/mol. The first kappa shape index (κ1) is 11.8. The number of hydrogen-bond donors (Lipinski definition) is 1. The Morgan fingerprint density at radius 3 is 2.47 bits per heavy atom. The molecule has 88 valence electrons. The molecule has 17 heavy (non-hydrogen) atoms. The Kier molecular flexibility index (Phi) is 3.54. The van der Waals surface area contributed by atoms with Crippen molar-refractivity contribution in [2.75, 3.05) is 5.73 Å². The van der Waals surface area contributed by atoms with Gasteiger partial charge in [0.05, 0.1) is 16.6 Å². The molecule has 0 heterocycles. The van der Waals surface area contributed by atoms with Crippen molar-refractivity contribution < 1.29 is 8.60 Å². The van der Waals surface area contributed by atoms with Crippen LogP contribution in [-0.4, -0.2) is 4.21 Å². The summed E-state index contributed by atoms with van der Waals surface area (Å²) in [5, 5.41) is 0. The van der Waals surface area contributed by atoms with E-state index in [2.05, 4.69) is 0 Å². The number of hydrogen-bond acceptors (Lipinski definition) is 2. The van der Waals surface area contributed by atoms with Crippen LogP contribution in [0.3, 0.4) is 0 Å². The second-order valence-electron chi connectivity index (χ2n) is 3.65. The molecule has 2 N–H and O–H groups in total. The highest BCUT2D eigenvalue weighted by atomic mass is 32.2. The van der Waals surface area contributed by atoms with Gasteiger partial charge in [-0.1, -0.05) is 24.3 Å². The van der Waals surface area contributed by atoms with Gasteiger partial charge in [-0.05, 0) is 24.3 Å². The maximum Gasteiger partial charge on any atom is 0.129 e. The third-order valence-electron chi connectivity index (χ3n) is 2.37. The van der Waals surface area contributed by atoms with Gasteiger partial charge in [-0.2, -0.15) is 0 Å². The molecule has 2 aromatic rings. The highest BCUT2D eigenvalue weighted by molar-refractivity contribution is 7.84. The van der Waals surface area contributed by atoms with E-state index in [1.165, 1.54) is 6.07 Å². The second kappa shape index (κ2) is 5.10. The van der Waals surface area contributed by atoms with Gasteiger partial charge in [0, 0.05) is 16.1 Å². The fourth-order valence-electron chi connectivity index (χ4n) is 1.48. The SMILES string of the molecule is Nc1ccc(CS(=O)c2ccccc2)c(F)c1. The Morgan fingerprint density at radius 1 is 1.12 bits per heavy atom. The van der Waals surface area contributed by atoms with E-state index in [0.717, 1.165) is 0 Å². The van der Waals surface area contributed by atoms with Crippen LogP contribution < -0.4 is 5.73 Å². The number of halogens is 1. The summed E-state index contributed by atoms with van der Waals surface area (Å²) in [6.45, 7) is 0. The van der Waals surface area contributed by atoms with Crippen molar-refractivity contribution in [1.29, 1.82) is 0 Å². The molecule has 0 fully saturated rings. The highest BCUT2D eigenvalue weighted by Crippen LogP contribution is 2.16. The smallest absolute Gasteiger partial charge is 0.129 e. The van der Waals surface area contributed by atoms with E-state index in [1.54, 1.807) is 24.3 Å². The molecule has 0 bridgehead atoms. The van der Waals surface area contributed by atoms with Gasteiger partial charge in [-0.15, -0.1) is 0 Å². The van der Waals surface area contributed by atoms with Gasteiger partial charge >= 0.3 is 0 Å². The summed E-state index contributed by atoms with van der Waals surface area (Å²) in [6, 6.07) is 13.4. The largest absolute Gasteiger partial charge is 0.399 e. The van der Waals surface area contributed by atoms with Crippen LogP contribution in [0, 0.1) is 5.82 Å². The average Bonchev–Trinajstić information content (AvgIpc) is 2.34. The van der Waals surface area contributed by atoms with E-state index in [-0.39, 0.29) is 5.75 Å². The molecule has 0 aliphatic rings. The number of anilines is 1. The lowest BCUT2D eigenvalue weighted by molar-refractivity contribution is 0.616. The lowest BCUT2D eigenvalue weighted by atomic mass is 10.2. The van der Waals surface area contributed by atoms with Crippen molar-refractivity contribution in [2.45, 2.75) is 10.6 Å². The standard InChI is InChI=1S/C13H12FNOS/c14-13-8-11(15)7-6-10(13)9-17(16)12-4-2-1-3-5-12/h1-8H,9,15H2. The summed E-state index contributed by atoms with van der Waals surface area (Å²) in [7, 11) is -1.23. The Balaban J connectivity index is 2.19. The van der Waals surface area contributed by atoms with E-state index >= 15 is 0 Å². The number of benzene rings is 2. The molecule has 0 aromatic heterocycles. The van der Waals surface area contributed by atoms with Crippen LogP contribution in [0.1, 0.15) is 5.56 Å². The third-order valence-corrected chi connectivity index (χ3v) is 3.74. The molecule has 0 aliphatic heterocycles. The Labute approximate surface area is 102 Å². The van der Waals surface area contributed by atoms with Gasteiger partial charge < -0.3 is 5.73 Å². The van der Waals surface area contributed by atoms with E-state index in [1.807, 2.05) is 18.2 Å². The van der Waals surface area contributed by atoms with Crippen LogP contribution in [0.4, 0.5) is 10.1 Å². The first-order valence-corrected chi connectivity index (χ1v) is 6.46. The van der Waals surface area contributed by atoms with E-state index in [4.69, 9.17) is 5.73 Å². The molecule has 1 unspecified atom stereocenters. The zero-order chi connectivity index (χ0) is 12.3. The molecule has 0 saturated heterocycles. The van der Waals surface area contributed by atoms with Gasteiger partial charge in [0.1, 0.15) is 5.82 Å². The molecule has 2 nitrogen and oxygen atoms in total. The number of rotatable bonds is 3. The maximum atomic E-state index is 13.5. The zero-order valence-electron chi connectivity index (χ0n) is 9.10. The Morgan fingerprint density at radius 2 is 1.82 bits per heavy atom. The van der Waals surface area contributed by atoms with Crippen LogP contribution >= 0.6 is 0 Å². The van der Waals surface area contributed by atoms with Crippen LogP contribution in [-0.2, 0) is 16.6 Å². The van der Waals surface area contributed by atoms with Crippen molar-refractivity contribution in [1.82, 2.24) is 0 Å². The van der Waals surface area contributed by atoms with Gasteiger partial charge in [-0.25, -0.2) is 4.39 Å². The van der Waals surface area contributed by atoms with Gasteiger partial charge in [0.25, 0.3) is 0 Å². The van der Waals surface area contributed by atoms with Gasteiger partial charge in [0.2, 0.25) is 0 Å². The second-order valence-corrected chi connectivity index (χ2v) is 5.10. The summed E-state index contributed by atoms with van der Waals surface area (Å²) in [5.41, 5.74) is 6.24. The topological polar surface area (TPSA) is 43.1 Å². The first-order chi connectivity index (χ1) is 8.16. The molecule has 1 atom stereocenters. The van der Waals surface area contributed by atoms with Crippen LogP contribution in [0.2, 0.25) is 0 Å². The third kappa shape index (κ3) is 2.91. The van der Waals surface area contributed by atoms with Gasteiger partial charge in [0.15, 0.2) is 0 Å². The molecule has 4 heteroatoms. The maximum absolute atomic E-state index is 13.5. The summed E-state index contributed by atoms with van der Waals surface area (Å²) in [4.78, 5) is 0.698. The molecule has 0 spiro atoms. The van der Waals surface area contributed by atoms with E-state index < -0.39 is 16.6 Å². The predicted octanol–water partition coefficient (Wildman–Crippen LogP) is 2.72. The van der Waals surface area contributed by atoms with E-state index in [9.17, 15) is 8.60 Å². The number of nitrogen functional groups attached to an aromatic ring is 1. The van der Waals surface area contributed by atoms with Crippen LogP contribution in [0.15, 0.2) is 53.4 Å². The quantitative estimate of drug-likeness (QED) is 0.850. The predicted molar refractivity (Wildman–Crippen MR) is 67.4 cm³/mol. The minimum Gasteiger partial charge on any atom is -0.399 e. The summed E-state index contributed by atoms with van der Waals surface area (Å²) in [5.74, 6) is -0.245. The van der Waals surface area contributed by atoms with Crippen molar-refractivity contribution in [2.24, 2.45) is 0 Å². The fraction of sp³-hybridized carbons (Fsp3) is 0.0769. The molecular weight excluding hydrogens is 237 g/mol. The Bertz CT molecular complexity index is 542. The molecule has 0 saturated carbocycles. The normalized spacial score (nSPS) is 12.3. The molecule has 2 rings (SSSR count). The van der Waals surface area contributed by atoms with Crippen molar-refractivity contribution in [3.8, 4) is 0 Å². The fourth-order valence-corrected chi connectivity index (χ4v) is 2.62. The lowest BCUT2D eigenvalue weighted by Gasteiger charge is -2.04. The zero-order valence-corrected chi connectivity index (χ0v) is 9.91. The van der Waals surface area contributed by atoms with Crippen LogP contribution in [0.25, 0.3) is 0 Å². The Hall–Kier alpha value is -1.68.